The van der Waals surface area contributed by atoms with Gasteiger partial charge in [0.05, 0.1) is 0 Å². The van der Waals surface area contributed by atoms with Crippen molar-refractivity contribution in [2.75, 3.05) is 0 Å². The van der Waals surface area contributed by atoms with E-state index >= 15 is 0 Å². The van der Waals surface area contributed by atoms with Gasteiger partial charge < -0.3 is 0 Å². The van der Waals surface area contributed by atoms with Gasteiger partial charge in [-0.2, -0.15) is 0 Å². The average Bonchev–Trinajstić information content (AvgIpc) is 3.53. The van der Waals surface area contributed by atoms with Gasteiger partial charge in [0.15, 0.2) is 0 Å². The summed E-state index contributed by atoms with van der Waals surface area (Å²) in [7, 11) is 0. The molecular formula is C59H40. The van der Waals surface area contributed by atoms with Gasteiger partial charge in [-0.25, -0.2) is 0 Å². The lowest BCUT2D eigenvalue weighted by Gasteiger charge is -2.23. The minimum absolute atomic E-state index is 0.0728. The van der Waals surface area contributed by atoms with Crippen molar-refractivity contribution < 1.29 is 0 Å². The first-order valence-electron chi connectivity index (χ1n) is 20.8. The summed E-state index contributed by atoms with van der Waals surface area (Å²) in [6.07, 6.45) is 0. The molecule has 0 radical (unpaired) electrons. The molecule has 0 heteroatoms. The summed E-state index contributed by atoms with van der Waals surface area (Å²) in [4.78, 5) is 0. The van der Waals surface area contributed by atoms with E-state index in [2.05, 4.69) is 220 Å². The minimum Gasteiger partial charge on any atom is -0.0616 e. The molecule has 1 aliphatic rings. The van der Waals surface area contributed by atoms with Gasteiger partial charge >= 0.3 is 0 Å². The van der Waals surface area contributed by atoms with E-state index in [1.165, 1.54) is 121 Å². The molecule has 0 aliphatic heterocycles. The third-order valence-corrected chi connectivity index (χ3v) is 13.2. The fourth-order valence-electron chi connectivity index (χ4n) is 10.5. The summed E-state index contributed by atoms with van der Waals surface area (Å²) in [5, 5.41) is 12.8. The second kappa shape index (κ2) is 12.9. The number of hydrogen-bond acceptors (Lipinski definition) is 0. The van der Waals surface area contributed by atoms with E-state index in [4.69, 9.17) is 0 Å². The summed E-state index contributed by atoms with van der Waals surface area (Å²) < 4.78 is 0. The highest BCUT2D eigenvalue weighted by Gasteiger charge is 2.37. The minimum atomic E-state index is -0.0728. The molecule has 0 atom stereocenters. The average molecular weight is 749 g/mol. The van der Waals surface area contributed by atoms with Crippen LogP contribution in [0.4, 0.5) is 0 Å². The Morgan fingerprint density at radius 2 is 0.780 bits per heavy atom. The van der Waals surface area contributed by atoms with Gasteiger partial charge in [-0.3, -0.25) is 0 Å². The second-order valence-corrected chi connectivity index (χ2v) is 16.8. The Hall–Kier alpha value is -7.28. The van der Waals surface area contributed by atoms with Gasteiger partial charge in [0, 0.05) is 5.41 Å². The molecule has 1 aliphatic carbocycles. The predicted octanol–water partition coefficient (Wildman–Crippen LogP) is 16.4. The number of hydrogen-bond donors (Lipinski definition) is 0. The van der Waals surface area contributed by atoms with E-state index in [1.807, 2.05) is 0 Å². The van der Waals surface area contributed by atoms with E-state index in [1.54, 1.807) is 0 Å². The number of benzene rings is 11. The fraction of sp³-hybridized carbons (Fsp3) is 0.0508. The first-order valence-corrected chi connectivity index (χ1v) is 20.8. The molecule has 0 heterocycles. The van der Waals surface area contributed by atoms with Crippen molar-refractivity contribution in [3.8, 4) is 55.6 Å². The van der Waals surface area contributed by atoms with Gasteiger partial charge in [0.25, 0.3) is 0 Å². The Morgan fingerprint density at radius 1 is 0.271 bits per heavy atom. The van der Waals surface area contributed by atoms with E-state index in [0.717, 1.165) is 0 Å². The molecule has 0 saturated carbocycles. The molecule has 0 bridgehead atoms. The zero-order chi connectivity index (χ0) is 39.2. The number of rotatable bonds is 4. The Bertz CT molecular complexity index is 3450. The summed E-state index contributed by atoms with van der Waals surface area (Å²) in [6, 6.07) is 76.9. The highest BCUT2D eigenvalue weighted by Crippen LogP contribution is 2.52. The molecular weight excluding hydrogens is 709 g/mol. The van der Waals surface area contributed by atoms with Crippen LogP contribution in [0.25, 0.3) is 109 Å². The maximum Gasteiger partial charge on any atom is 0.0165 e. The van der Waals surface area contributed by atoms with Crippen molar-refractivity contribution in [3.05, 3.63) is 217 Å². The molecule has 0 nitrogen and oxygen atoms in total. The van der Waals surface area contributed by atoms with Gasteiger partial charge in [-0.05, 0) is 139 Å². The first-order chi connectivity index (χ1) is 29.0. The molecule has 0 unspecified atom stereocenters. The van der Waals surface area contributed by atoms with Crippen LogP contribution in [0, 0.1) is 0 Å². The molecule has 0 saturated heterocycles. The zero-order valence-electron chi connectivity index (χ0n) is 33.1. The van der Waals surface area contributed by atoms with Crippen molar-refractivity contribution in [1.29, 1.82) is 0 Å². The number of fused-ring (bicyclic) bond motifs is 10. The summed E-state index contributed by atoms with van der Waals surface area (Å²) in [6.45, 7) is 4.76. The Morgan fingerprint density at radius 3 is 1.47 bits per heavy atom. The van der Waals surface area contributed by atoms with Gasteiger partial charge in [0.2, 0.25) is 0 Å². The van der Waals surface area contributed by atoms with Crippen LogP contribution in [0.2, 0.25) is 0 Å². The topological polar surface area (TPSA) is 0 Å². The maximum atomic E-state index is 2.43. The quantitative estimate of drug-likeness (QED) is 0.124. The van der Waals surface area contributed by atoms with Gasteiger partial charge in [-0.15, -0.1) is 0 Å². The van der Waals surface area contributed by atoms with Crippen molar-refractivity contribution in [2.24, 2.45) is 0 Å². The molecule has 276 valence electrons. The molecule has 0 spiro atoms. The third-order valence-electron chi connectivity index (χ3n) is 13.2. The second-order valence-electron chi connectivity index (χ2n) is 16.8. The molecule has 11 aromatic rings. The largest absolute Gasteiger partial charge is 0.0616 e. The van der Waals surface area contributed by atoms with E-state index in [-0.39, 0.29) is 5.41 Å². The van der Waals surface area contributed by atoms with Crippen LogP contribution in [-0.4, -0.2) is 0 Å². The Labute approximate surface area is 344 Å². The molecule has 0 fully saturated rings. The summed E-state index contributed by atoms with van der Waals surface area (Å²) >= 11 is 0. The molecule has 11 aromatic carbocycles. The highest BCUT2D eigenvalue weighted by atomic mass is 14.4. The van der Waals surface area contributed by atoms with Crippen molar-refractivity contribution >= 4 is 53.9 Å². The van der Waals surface area contributed by atoms with Gasteiger partial charge in [-0.1, -0.05) is 202 Å². The van der Waals surface area contributed by atoms with Crippen LogP contribution in [0.1, 0.15) is 25.0 Å². The predicted molar refractivity (Wildman–Crippen MR) is 253 cm³/mol. The summed E-state index contributed by atoms with van der Waals surface area (Å²) in [5.74, 6) is 0. The highest BCUT2D eigenvalue weighted by molar-refractivity contribution is 6.22. The Kier molecular flexibility index (Phi) is 7.38. The summed E-state index contributed by atoms with van der Waals surface area (Å²) in [5.41, 5.74) is 15.4. The smallest absolute Gasteiger partial charge is 0.0165 e. The molecule has 12 rings (SSSR count). The third kappa shape index (κ3) is 5.09. The monoisotopic (exact) mass is 748 g/mol. The lowest BCUT2D eigenvalue weighted by molar-refractivity contribution is 0.666. The zero-order valence-corrected chi connectivity index (χ0v) is 33.1. The molecule has 59 heavy (non-hydrogen) atoms. The normalized spacial score (nSPS) is 13.1. The van der Waals surface area contributed by atoms with E-state index < -0.39 is 0 Å². The van der Waals surface area contributed by atoms with Crippen LogP contribution < -0.4 is 0 Å². The molecule has 0 amide bonds. The molecule has 0 aromatic heterocycles. The maximum absolute atomic E-state index is 2.43. The van der Waals surface area contributed by atoms with Crippen LogP contribution >= 0.6 is 0 Å². The first kappa shape index (κ1) is 33.8. The van der Waals surface area contributed by atoms with Crippen LogP contribution in [0.15, 0.2) is 206 Å². The van der Waals surface area contributed by atoms with Crippen LogP contribution in [0.3, 0.4) is 0 Å². The van der Waals surface area contributed by atoms with Crippen molar-refractivity contribution in [1.82, 2.24) is 0 Å². The lowest BCUT2D eigenvalue weighted by atomic mass is 9.80. The van der Waals surface area contributed by atoms with E-state index in [0.29, 0.717) is 0 Å². The van der Waals surface area contributed by atoms with Crippen LogP contribution in [-0.2, 0) is 5.41 Å². The SMILES string of the molecule is CC1(C)c2ccc(-c3cccc(-c4c5ccccc5c(-c5ccc(-c6cc7ccccc7c7ccccc67)cc5)c5ccccc45)c3)cc2-c2ccc3ccccc3c21. The standard InChI is InChI=1S/C59H40/c1-59(2)55-33-31-41(35-54(55)52-32-30-37-14-3-6-19-45(37)58(52)59)40-16-13-17-43(34-40)57-50-24-11-9-22-48(50)56(49-23-10-12-25-51(49)57)39-28-26-38(27-29-39)53-36-42-15-4-5-18-44(42)46-20-7-8-21-47(46)53/h3-36H,1-2H3. The Balaban J connectivity index is 0.990. The van der Waals surface area contributed by atoms with Crippen molar-refractivity contribution in [3.63, 3.8) is 0 Å². The van der Waals surface area contributed by atoms with Crippen molar-refractivity contribution in [2.45, 2.75) is 19.3 Å². The van der Waals surface area contributed by atoms with Crippen LogP contribution in [0.5, 0.6) is 0 Å². The van der Waals surface area contributed by atoms with E-state index in [9.17, 15) is 0 Å². The fourth-order valence-corrected chi connectivity index (χ4v) is 10.5. The van der Waals surface area contributed by atoms with Gasteiger partial charge in [0.1, 0.15) is 0 Å². The molecule has 0 N–H and O–H groups in total. The lowest BCUT2D eigenvalue weighted by Crippen LogP contribution is -2.15.